The van der Waals surface area contributed by atoms with Gasteiger partial charge < -0.3 is 18.8 Å². The van der Waals surface area contributed by atoms with Crippen molar-refractivity contribution in [3.8, 4) is 11.5 Å². The number of hydrogen-bond acceptors (Lipinski definition) is 5. The molecule has 0 amide bonds. The van der Waals surface area contributed by atoms with Gasteiger partial charge in [-0.2, -0.15) is 0 Å². The summed E-state index contributed by atoms with van der Waals surface area (Å²) in [6.07, 6.45) is 2.28. The molecule has 0 spiro atoms. The first kappa shape index (κ1) is 21.8. The zero-order valence-corrected chi connectivity index (χ0v) is 18.4. The Morgan fingerprint density at radius 1 is 1.03 bits per heavy atom. The monoisotopic (exact) mass is 433 g/mol. The number of rotatable bonds is 8. The highest BCUT2D eigenvalue weighted by Crippen LogP contribution is 2.26. The number of carbonyl (C=O) groups is 2. The number of para-hydroxylation sites is 2. The second kappa shape index (κ2) is 9.83. The van der Waals surface area contributed by atoms with E-state index in [0.29, 0.717) is 17.1 Å². The number of aromatic nitrogens is 1. The third-order valence-electron chi connectivity index (χ3n) is 5.70. The molecule has 0 radical (unpaired) electrons. The molecule has 0 bridgehead atoms. The summed E-state index contributed by atoms with van der Waals surface area (Å²) in [5.41, 5.74) is 2.70. The molecule has 0 N–H and O–H groups in total. The summed E-state index contributed by atoms with van der Waals surface area (Å²) < 4.78 is 19.0. The molecular weight excluding hydrogens is 406 g/mol. The van der Waals surface area contributed by atoms with Crippen molar-refractivity contribution >= 4 is 11.8 Å². The minimum absolute atomic E-state index is 0.182. The molecule has 1 aliphatic rings. The quantitative estimate of drug-likeness (QED) is 0.365. The fourth-order valence-electron chi connectivity index (χ4n) is 3.98. The zero-order valence-electron chi connectivity index (χ0n) is 18.4. The molecule has 6 heteroatoms. The molecule has 4 rings (SSSR count). The second-order valence-electron chi connectivity index (χ2n) is 7.94. The Balaban J connectivity index is 1.42. The average molecular weight is 434 g/mol. The Labute approximate surface area is 187 Å². The fraction of sp³-hybridized carbons (Fsp3) is 0.308. The molecular formula is C26H27NO5. The molecule has 0 aliphatic carbocycles. The van der Waals surface area contributed by atoms with Crippen LogP contribution in [-0.4, -0.2) is 35.6 Å². The summed E-state index contributed by atoms with van der Waals surface area (Å²) in [7, 11) is 0. The van der Waals surface area contributed by atoms with Crippen molar-refractivity contribution < 1.29 is 23.8 Å². The van der Waals surface area contributed by atoms with E-state index in [4.69, 9.17) is 14.2 Å². The third-order valence-corrected chi connectivity index (χ3v) is 5.70. The van der Waals surface area contributed by atoms with E-state index in [1.165, 1.54) is 0 Å². The van der Waals surface area contributed by atoms with Crippen LogP contribution in [0.4, 0.5) is 0 Å². The van der Waals surface area contributed by atoms with Crippen LogP contribution < -0.4 is 4.74 Å². The van der Waals surface area contributed by atoms with Gasteiger partial charge in [-0.3, -0.25) is 4.79 Å². The maximum Gasteiger partial charge on any atom is 0.342 e. The van der Waals surface area contributed by atoms with Crippen LogP contribution in [0, 0.1) is 13.8 Å². The van der Waals surface area contributed by atoms with E-state index in [2.05, 4.69) is 4.57 Å². The maximum atomic E-state index is 12.8. The van der Waals surface area contributed by atoms with Crippen LogP contribution in [-0.2, 0) is 16.0 Å². The molecule has 1 saturated heterocycles. The van der Waals surface area contributed by atoms with Crippen molar-refractivity contribution in [2.24, 2.45) is 0 Å². The summed E-state index contributed by atoms with van der Waals surface area (Å²) in [6.45, 7) is 5.08. The van der Waals surface area contributed by atoms with Crippen LogP contribution in [0.3, 0.4) is 0 Å². The number of carbonyl (C=O) groups excluding carboxylic acids is 2. The summed E-state index contributed by atoms with van der Waals surface area (Å²) in [5, 5.41) is 0. The van der Waals surface area contributed by atoms with E-state index in [0.717, 1.165) is 37.4 Å². The van der Waals surface area contributed by atoms with Gasteiger partial charge in [-0.05, 0) is 57.0 Å². The number of aryl methyl sites for hydroxylation is 1. The number of hydrogen-bond donors (Lipinski definition) is 0. The van der Waals surface area contributed by atoms with Crippen molar-refractivity contribution in [2.45, 2.75) is 39.3 Å². The Morgan fingerprint density at radius 2 is 1.78 bits per heavy atom. The van der Waals surface area contributed by atoms with E-state index in [-0.39, 0.29) is 24.1 Å². The Hall–Kier alpha value is -3.38. The molecule has 2 heterocycles. The summed E-state index contributed by atoms with van der Waals surface area (Å²) in [5.74, 6) is 0.165. The van der Waals surface area contributed by atoms with E-state index < -0.39 is 5.97 Å². The predicted octanol–water partition coefficient (Wildman–Crippen LogP) is 5.12. The molecule has 6 nitrogen and oxygen atoms in total. The minimum atomic E-state index is -0.599. The lowest BCUT2D eigenvalue weighted by Crippen LogP contribution is -2.18. The highest BCUT2D eigenvalue weighted by molar-refractivity contribution is 6.01. The topological polar surface area (TPSA) is 66.8 Å². The highest BCUT2D eigenvalue weighted by atomic mass is 16.5. The second-order valence-corrected chi connectivity index (χ2v) is 7.94. The summed E-state index contributed by atoms with van der Waals surface area (Å²) in [4.78, 5) is 25.5. The van der Waals surface area contributed by atoms with Crippen molar-refractivity contribution in [1.82, 2.24) is 4.57 Å². The largest absolute Gasteiger partial charge is 0.456 e. The number of ketones is 1. The highest BCUT2D eigenvalue weighted by Gasteiger charge is 2.22. The molecule has 1 aromatic heterocycles. The van der Waals surface area contributed by atoms with Crippen molar-refractivity contribution in [3.05, 3.63) is 83.2 Å². The van der Waals surface area contributed by atoms with E-state index in [9.17, 15) is 9.59 Å². The van der Waals surface area contributed by atoms with Crippen molar-refractivity contribution in [3.63, 3.8) is 0 Å². The SMILES string of the molecule is Cc1cc(C(=O)COC(=O)c2ccccc2Oc2ccccc2)c(C)n1C[C@H]1CCCO1. The van der Waals surface area contributed by atoms with Crippen LogP contribution >= 0.6 is 0 Å². The Kier molecular flexibility index (Phi) is 6.71. The molecule has 1 fully saturated rings. The summed E-state index contributed by atoms with van der Waals surface area (Å²) >= 11 is 0. The van der Waals surface area contributed by atoms with E-state index >= 15 is 0 Å². The Bertz CT molecular complexity index is 1100. The van der Waals surface area contributed by atoms with Crippen LogP contribution in [0.1, 0.15) is 44.9 Å². The van der Waals surface area contributed by atoms with Gasteiger partial charge in [0.05, 0.1) is 6.10 Å². The average Bonchev–Trinajstić information content (AvgIpc) is 3.42. The van der Waals surface area contributed by atoms with E-state index in [1.54, 1.807) is 36.4 Å². The van der Waals surface area contributed by atoms with Crippen LogP contribution in [0.15, 0.2) is 60.7 Å². The first-order chi connectivity index (χ1) is 15.5. The lowest BCUT2D eigenvalue weighted by molar-refractivity contribution is 0.0472. The van der Waals surface area contributed by atoms with Crippen LogP contribution in [0.5, 0.6) is 11.5 Å². The van der Waals surface area contributed by atoms with Crippen molar-refractivity contribution in [2.75, 3.05) is 13.2 Å². The number of nitrogens with zero attached hydrogens (tertiary/aromatic N) is 1. The van der Waals surface area contributed by atoms with E-state index in [1.807, 2.05) is 38.1 Å². The van der Waals surface area contributed by atoms with Gasteiger partial charge in [-0.15, -0.1) is 0 Å². The van der Waals surface area contributed by atoms with Crippen LogP contribution in [0.25, 0.3) is 0 Å². The Morgan fingerprint density at radius 3 is 2.53 bits per heavy atom. The summed E-state index contributed by atoms with van der Waals surface area (Å²) in [6, 6.07) is 17.9. The maximum absolute atomic E-state index is 12.8. The number of Topliss-reactive ketones (excluding diaryl/α,β-unsaturated/α-hetero) is 1. The smallest absolute Gasteiger partial charge is 0.342 e. The molecule has 0 saturated carbocycles. The van der Waals surface area contributed by atoms with Gasteiger partial charge in [-0.25, -0.2) is 4.79 Å². The lowest BCUT2D eigenvalue weighted by atomic mass is 10.1. The standard InChI is InChI=1S/C26H27NO5/c1-18-15-23(19(2)27(18)16-21-11-8-14-30-21)24(28)17-31-26(29)22-12-6-7-13-25(22)32-20-9-4-3-5-10-20/h3-7,9-10,12-13,15,21H,8,11,14,16-17H2,1-2H3/t21-/m1/s1. The first-order valence-corrected chi connectivity index (χ1v) is 10.8. The van der Waals surface area contributed by atoms with Gasteiger partial charge >= 0.3 is 5.97 Å². The molecule has 1 atom stereocenters. The molecule has 32 heavy (non-hydrogen) atoms. The van der Waals surface area contributed by atoms with Gasteiger partial charge in [0.25, 0.3) is 0 Å². The van der Waals surface area contributed by atoms with Gasteiger partial charge in [0.2, 0.25) is 5.78 Å². The van der Waals surface area contributed by atoms with Gasteiger partial charge in [-0.1, -0.05) is 30.3 Å². The van der Waals surface area contributed by atoms with Gasteiger partial charge in [0.1, 0.15) is 17.1 Å². The minimum Gasteiger partial charge on any atom is -0.456 e. The molecule has 1 aliphatic heterocycles. The number of benzene rings is 2. The third kappa shape index (κ3) is 4.92. The first-order valence-electron chi connectivity index (χ1n) is 10.8. The zero-order chi connectivity index (χ0) is 22.5. The normalized spacial score (nSPS) is 15.5. The van der Waals surface area contributed by atoms with Crippen molar-refractivity contribution in [1.29, 1.82) is 0 Å². The lowest BCUT2D eigenvalue weighted by Gasteiger charge is -2.15. The molecule has 2 aromatic carbocycles. The number of ether oxygens (including phenoxy) is 3. The predicted molar refractivity (Wildman–Crippen MR) is 120 cm³/mol. The fourth-order valence-corrected chi connectivity index (χ4v) is 3.98. The molecule has 3 aromatic rings. The van der Waals surface area contributed by atoms with Gasteiger partial charge in [0.15, 0.2) is 6.61 Å². The van der Waals surface area contributed by atoms with Gasteiger partial charge in [0, 0.05) is 30.1 Å². The molecule has 0 unspecified atom stereocenters. The van der Waals surface area contributed by atoms with Crippen LogP contribution in [0.2, 0.25) is 0 Å². The molecule has 166 valence electrons. The number of esters is 1.